The standard InChI is InChI=1S/C26H25BrClN3O2/c27-20-9-7-19(8-10-20)26(32)29-16-15-25-30-23-5-1-2-6-24(23)31(25)17-3-4-18-33-22-13-11-21(28)12-14-22/h1-2,5-14H,3-4,15-18H2,(H,29,32). The number of nitrogens with one attached hydrogen (secondary N) is 1. The number of benzene rings is 3. The lowest BCUT2D eigenvalue weighted by Gasteiger charge is -2.11. The first-order chi connectivity index (χ1) is 16.1. The Morgan fingerprint density at radius 1 is 1.00 bits per heavy atom. The van der Waals surface area contributed by atoms with Crippen LogP contribution in [0, 0.1) is 0 Å². The first kappa shape index (κ1) is 23.3. The highest BCUT2D eigenvalue weighted by atomic mass is 79.9. The van der Waals surface area contributed by atoms with E-state index in [-0.39, 0.29) is 5.91 Å². The number of ether oxygens (including phenoxy) is 1. The van der Waals surface area contributed by atoms with Crippen LogP contribution in [-0.2, 0) is 13.0 Å². The van der Waals surface area contributed by atoms with Gasteiger partial charge in [0.1, 0.15) is 11.6 Å². The Morgan fingerprint density at radius 2 is 1.76 bits per heavy atom. The smallest absolute Gasteiger partial charge is 0.251 e. The second kappa shape index (κ2) is 11.3. The molecule has 5 nitrogen and oxygen atoms in total. The highest BCUT2D eigenvalue weighted by Gasteiger charge is 2.11. The van der Waals surface area contributed by atoms with Gasteiger partial charge in [0, 0.05) is 34.6 Å². The average molecular weight is 527 g/mol. The number of hydrogen-bond acceptors (Lipinski definition) is 3. The Morgan fingerprint density at radius 3 is 2.55 bits per heavy atom. The van der Waals surface area contributed by atoms with Gasteiger partial charge in [-0.3, -0.25) is 4.79 Å². The minimum Gasteiger partial charge on any atom is -0.494 e. The fraction of sp³-hybridized carbons (Fsp3) is 0.231. The van der Waals surface area contributed by atoms with Gasteiger partial charge in [0.25, 0.3) is 5.91 Å². The molecule has 0 radical (unpaired) electrons. The lowest BCUT2D eigenvalue weighted by atomic mass is 10.2. The quantitative estimate of drug-likeness (QED) is 0.247. The van der Waals surface area contributed by atoms with Gasteiger partial charge in [-0.05, 0) is 73.5 Å². The van der Waals surface area contributed by atoms with E-state index in [4.69, 9.17) is 21.3 Å². The highest BCUT2D eigenvalue weighted by molar-refractivity contribution is 9.10. The fourth-order valence-corrected chi connectivity index (χ4v) is 4.04. The van der Waals surface area contributed by atoms with Crippen molar-refractivity contribution in [1.82, 2.24) is 14.9 Å². The van der Waals surface area contributed by atoms with Crippen LogP contribution in [-0.4, -0.2) is 28.6 Å². The number of aryl methyl sites for hydroxylation is 1. The molecular weight excluding hydrogens is 502 g/mol. The van der Waals surface area contributed by atoms with Gasteiger partial charge in [-0.2, -0.15) is 0 Å². The summed E-state index contributed by atoms with van der Waals surface area (Å²) in [4.78, 5) is 17.2. The third kappa shape index (κ3) is 6.36. The molecule has 1 N–H and O–H groups in total. The normalized spacial score (nSPS) is 11.0. The topological polar surface area (TPSA) is 56.2 Å². The third-order valence-electron chi connectivity index (χ3n) is 5.33. The molecule has 0 saturated carbocycles. The first-order valence-corrected chi connectivity index (χ1v) is 12.1. The van der Waals surface area contributed by atoms with Crippen molar-refractivity contribution in [2.75, 3.05) is 13.2 Å². The summed E-state index contributed by atoms with van der Waals surface area (Å²) in [7, 11) is 0. The van der Waals surface area contributed by atoms with Gasteiger partial charge in [-0.15, -0.1) is 0 Å². The molecule has 7 heteroatoms. The molecular formula is C26H25BrClN3O2. The number of halogens is 2. The summed E-state index contributed by atoms with van der Waals surface area (Å²) >= 11 is 9.31. The van der Waals surface area contributed by atoms with Crippen LogP contribution in [0.5, 0.6) is 5.75 Å². The van der Waals surface area contributed by atoms with Gasteiger partial charge in [0.15, 0.2) is 0 Å². The summed E-state index contributed by atoms with van der Waals surface area (Å²) in [5.41, 5.74) is 2.74. The Bertz CT molecular complexity index is 1210. The number of aromatic nitrogens is 2. The predicted molar refractivity (Wildman–Crippen MR) is 136 cm³/mol. The predicted octanol–water partition coefficient (Wildman–Crippen LogP) is 6.28. The lowest BCUT2D eigenvalue weighted by Crippen LogP contribution is -2.26. The number of fused-ring (bicyclic) bond motifs is 1. The van der Waals surface area contributed by atoms with Gasteiger partial charge < -0.3 is 14.6 Å². The Hall–Kier alpha value is -2.83. The van der Waals surface area contributed by atoms with E-state index >= 15 is 0 Å². The van der Waals surface area contributed by atoms with Crippen molar-refractivity contribution in [3.8, 4) is 5.75 Å². The van der Waals surface area contributed by atoms with Crippen LogP contribution >= 0.6 is 27.5 Å². The van der Waals surface area contributed by atoms with Crippen LogP contribution in [0.2, 0.25) is 5.02 Å². The van der Waals surface area contributed by atoms with Crippen LogP contribution in [0.4, 0.5) is 0 Å². The number of amides is 1. The van der Waals surface area contributed by atoms with Gasteiger partial charge in [0.05, 0.1) is 17.6 Å². The first-order valence-electron chi connectivity index (χ1n) is 11.0. The zero-order chi connectivity index (χ0) is 23.0. The number of unbranched alkanes of at least 4 members (excludes halogenated alkanes) is 1. The van der Waals surface area contributed by atoms with E-state index in [1.54, 1.807) is 12.1 Å². The van der Waals surface area contributed by atoms with Crippen molar-refractivity contribution in [1.29, 1.82) is 0 Å². The van der Waals surface area contributed by atoms with Gasteiger partial charge in [0.2, 0.25) is 0 Å². The lowest BCUT2D eigenvalue weighted by molar-refractivity contribution is 0.0954. The molecule has 4 aromatic rings. The zero-order valence-corrected chi connectivity index (χ0v) is 20.5. The molecule has 0 spiro atoms. The minimum absolute atomic E-state index is 0.0792. The number of para-hydroxylation sites is 2. The number of carbonyl (C=O) groups excluding carboxylic acids is 1. The van der Waals surface area contributed by atoms with E-state index in [1.165, 1.54) is 0 Å². The fourth-order valence-electron chi connectivity index (χ4n) is 3.65. The molecule has 3 aromatic carbocycles. The van der Waals surface area contributed by atoms with E-state index < -0.39 is 0 Å². The molecule has 0 aliphatic carbocycles. The van der Waals surface area contributed by atoms with Crippen LogP contribution in [0.15, 0.2) is 77.3 Å². The number of rotatable bonds is 10. The number of nitrogens with zero attached hydrogens (tertiary/aromatic N) is 2. The molecule has 1 amide bonds. The van der Waals surface area contributed by atoms with Crippen LogP contribution in [0.3, 0.4) is 0 Å². The summed E-state index contributed by atoms with van der Waals surface area (Å²) in [6, 6.07) is 22.9. The minimum atomic E-state index is -0.0792. The van der Waals surface area contributed by atoms with Crippen LogP contribution < -0.4 is 10.1 Å². The molecule has 0 aliphatic heterocycles. The summed E-state index contributed by atoms with van der Waals surface area (Å²) < 4.78 is 9.01. The highest BCUT2D eigenvalue weighted by Crippen LogP contribution is 2.19. The van der Waals surface area contributed by atoms with Crippen LogP contribution in [0.1, 0.15) is 29.0 Å². The number of imidazole rings is 1. The molecule has 4 rings (SSSR count). The molecule has 0 bridgehead atoms. The number of carbonyl (C=O) groups is 1. The van der Waals surface area contributed by atoms with Crippen molar-refractivity contribution in [2.45, 2.75) is 25.8 Å². The molecule has 0 fully saturated rings. The van der Waals surface area contributed by atoms with E-state index in [9.17, 15) is 4.79 Å². The molecule has 33 heavy (non-hydrogen) atoms. The van der Waals surface area contributed by atoms with Crippen molar-refractivity contribution in [3.05, 3.63) is 93.7 Å². The summed E-state index contributed by atoms with van der Waals surface area (Å²) in [5.74, 6) is 1.73. The molecule has 170 valence electrons. The largest absolute Gasteiger partial charge is 0.494 e. The van der Waals surface area contributed by atoms with E-state index in [0.29, 0.717) is 30.2 Å². The van der Waals surface area contributed by atoms with E-state index in [1.807, 2.05) is 54.6 Å². The maximum absolute atomic E-state index is 12.4. The van der Waals surface area contributed by atoms with Crippen molar-refractivity contribution in [2.24, 2.45) is 0 Å². The van der Waals surface area contributed by atoms with Gasteiger partial charge in [-0.25, -0.2) is 4.98 Å². The maximum atomic E-state index is 12.4. The van der Waals surface area contributed by atoms with E-state index in [2.05, 4.69) is 31.9 Å². The SMILES string of the molecule is O=C(NCCc1nc2ccccc2n1CCCCOc1ccc(Cl)cc1)c1ccc(Br)cc1. The summed E-state index contributed by atoms with van der Waals surface area (Å²) in [6.07, 6.45) is 2.55. The van der Waals surface area contributed by atoms with E-state index in [0.717, 1.165) is 46.5 Å². The van der Waals surface area contributed by atoms with Gasteiger partial charge >= 0.3 is 0 Å². The summed E-state index contributed by atoms with van der Waals surface area (Å²) in [5, 5.41) is 3.70. The molecule has 0 atom stereocenters. The molecule has 0 unspecified atom stereocenters. The third-order valence-corrected chi connectivity index (χ3v) is 6.11. The molecule has 0 saturated heterocycles. The monoisotopic (exact) mass is 525 g/mol. The Balaban J connectivity index is 1.32. The summed E-state index contributed by atoms with van der Waals surface area (Å²) in [6.45, 7) is 2.02. The second-order valence-electron chi connectivity index (χ2n) is 7.69. The van der Waals surface area contributed by atoms with Gasteiger partial charge in [-0.1, -0.05) is 39.7 Å². The van der Waals surface area contributed by atoms with Crippen molar-refractivity contribution < 1.29 is 9.53 Å². The second-order valence-corrected chi connectivity index (χ2v) is 9.04. The number of hydrogen-bond donors (Lipinski definition) is 1. The molecule has 1 heterocycles. The molecule has 1 aromatic heterocycles. The van der Waals surface area contributed by atoms with Crippen LogP contribution in [0.25, 0.3) is 11.0 Å². The molecule has 0 aliphatic rings. The van der Waals surface area contributed by atoms with Crippen molar-refractivity contribution in [3.63, 3.8) is 0 Å². The Labute approximate surface area is 206 Å². The van der Waals surface area contributed by atoms with Crippen molar-refractivity contribution >= 4 is 44.5 Å². The maximum Gasteiger partial charge on any atom is 0.251 e. The Kier molecular flexibility index (Phi) is 8.02. The zero-order valence-electron chi connectivity index (χ0n) is 18.1. The average Bonchev–Trinajstić information content (AvgIpc) is 3.18.